The molecule has 11 heteroatoms. The van der Waals surface area contributed by atoms with Gasteiger partial charge >= 0.3 is 0 Å². The number of ether oxygens (including phenoxy) is 1. The zero-order valence-corrected chi connectivity index (χ0v) is 42.9. The average molecular weight is 966 g/mol. The number of halogens is 6. The van der Waals surface area contributed by atoms with Crippen LogP contribution in [0.2, 0.25) is 10.0 Å². The molecular formula is C49H84Cl6O5. The van der Waals surface area contributed by atoms with Crippen LogP contribution in [0.15, 0.2) is 18.2 Å². The minimum atomic E-state index is -0.578. The quantitative estimate of drug-likeness (QED) is 0.0500. The van der Waals surface area contributed by atoms with Crippen LogP contribution in [0.5, 0.6) is 5.75 Å². The molecule has 0 aliphatic rings. The monoisotopic (exact) mass is 962 g/mol. The predicted octanol–water partition coefficient (Wildman–Crippen LogP) is 19.0. The molecule has 5 nitrogen and oxygen atoms in total. The lowest BCUT2D eigenvalue weighted by Crippen LogP contribution is -2.05. The van der Waals surface area contributed by atoms with Crippen molar-refractivity contribution in [2.45, 2.75) is 240 Å². The highest BCUT2D eigenvalue weighted by Crippen LogP contribution is 2.27. The summed E-state index contributed by atoms with van der Waals surface area (Å²) >= 11 is 32.2. The van der Waals surface area contributed by atoms with Crippen LogP contribution in [0.3, 0.4) is 0 Å². The Bertz CT molecular complexity index is 1160. The fraction of sp³-hybridized carbons (Fsp3) is 0.796. The molecule has 0 N–H and O–H groups in total. The van der Waals surface area contributed by atoms with Gasteiger partial charge in [-0.25, -0.2) is 0 Å². The smallest absolute Gasteiger partial charge is 0.259 e. The van der Waals surface area contributed by atoms with Gasteiger partial charge in [0.25, 0.3) is 5.24 Å². The zero-order chi connectivity index (χ0) is 45.7. The van der Waals surface area contributed by atoms with Crippen molar-refractivity contribution in [2.75, 3.05) is 6.61 Å². The van der Waals surface area contributed by atoms with Gasteiger partial charge in [0.1, 0.15) is 5.75 Å². The lowest BCUT2D eigenvalue weighted by Gasteiger charge is -2.15. The van der Waals surface area contributed by atoms with Gasteiger partial charge in [-0.05, 0) is 89.3 Å². The van der Waals surface area contributed by atoms with Gasteiger partial charge in [0.15, 0.2) is 6.61 Å². The summed E-state index contributed by atoms with van der Waals surface area (Å²) in [7, 11) is 0. The SMILES string of the molecule is CC(C)(C)CCC(=O)Cl.CCCCCCCCCCCCCCC(=O)Cl.CCCCCCCCCCCCCCCCCCC(=O)Cl.O=C(Cl)COc1ccc(Cl)cc1Cl. The fourth-order valence-electron chi connectivity index (χ4n) is 6.12. The Hall–Kier alpha value is -0.560. The molecule has 0 unspecified atom stereocenters. The number of unbranched alkanes of at least 4 members (excludes halogenated alkanes) is 26. The van der Waals surface area contributed by atoms with Crippen LogP contribution in [-0.2, 0) is 19.2 Å². The number of hydrogen-bond acceptors (Lipinski definition) is 5. The van der Waals surface area contributed by atoms with E-state index in [1.807, 2.05) is 0 Å². The Balaban J connectivity index is -0.000000751. The highest BCUT2D eigenvalue weighted by Gasteiger charge is 2.11. The van der Waals surface area contributed by atoms with Crippen LogP contribution in [0, 0.1) is 5.41 Å². The fourth-order valence-corrected chi connectivity index (χ4v) is 7.00. The van der Waals surface area contributed by atoms with E-state index in [0.29, 0.717) is 35.1 Å². The first kappa shape index (κ1) is 63.7. The van der Waals surface area contributed by atoms with E-state index in [1.165, 1.54) is 160 Å². The first-order valence-electron chi connectivity index (χ1n) is 23.4. The van der Waals surface area contributed by atoms with Crippen LogP contribution in [-0.4, -0.2) is 27.6 Å². The summed E-state index contributed by atoms with van der Waals surface area (Å²) in [6, 6.07) is 4.71. The molecule has 0 bridgehead atoms. The first-order chi connectivity index (χ1) is 28.5. The Kier molecular flexibility index (Phi) is 50.9. The Morgan fingerprint density at radius 2 is 0.750 bits per heavy atom. The minimum Gasteiger partial charge on any atom is -0.483 e. The third-order valence-corrected chi connectivity index (χ3v) is 11.0. The molecule has 0 atom stereocenters. The van der Waals surface area contributed by atoms with Gasteiger partial charge in [0.05, 0.1) is 5.02 Å². The van der Waals surface area contributed by atoms with Gasteiger partial charge < -0.3 is 4.74 Å². The zero-order valence-electron chi connectivity index (χ0n) is 38.4. The van der Waals surface area contributed by atoms with Gasteiger partial charge in [0, 0.05) is 24.3 Å². The van der Waals surface area contributed by atoms with Crippen LogP contribution in [0.4, 0.5) is 0 Å². The largest absolute Gasteiger partial charge is 0.483 e. The van der Waals surface area contributed by atoms with Crippen molar-refractivity contribution in [1.29, 1.82) is 0 Å². The summed E-state index contributed by atoms with van der Waals surface area (Å²) in [6.45, 7) is 10.6. The average Bonchev–Trinajstić information content (AvgIpc) is 3.17. The molecule has 0 heterocycles. The second kappa shape index (κ2) is 47.9. The van der Waals surface area contributed by atoms with Crippen molar-refractivity contribution in [3.05, 3.63) is 28.2 Å². The Morgan fingerprint density at radius 1 is 0.450 bits per heavy atom. The maximum Gasteiger partial charge on any atom is 0.259 e. The molecule has 0 spiro atoms. The minimum absolute atomic E-state index is 0.180. The van der Waals surface area contributed by atoms with Crippen LogP contribution in [0.25, 0.3) is 0 Å². The van der Waals surface area contributed by atoms with Gasteiger partial charge in [-0.15, -0.1) is 0 Å². The Labute approximate surface area is 398 Å². The van der Waals surface area contributed by atoms with Gasteiger partial charge in [-0.2, -0.15) is 0 Å². The number of carbonyl (C=O) groups is 4. The molecule has 1 rings (SSSR count). The van der Waals surface area contributed by atoms with Crippen molar-refractivity contribution < 1.29 is 23.9 Å². The van der Waals surface area contributed by atoms with E-state index >= 15 is 0 Å². The lowest BCUT2D eigenvalue weighted by molar-refractivity contribution is -0.113. The molecule has 1 aromatic carbocycles. The molecular weight excluding hydrogens is 881 g/mol. The highest BCUT2D eigenvalue weighted by atomic mass is 35.5. The van der Waals surface area contributed by atoms with Crippen molar-refractivity contribution >= 4 is 90.6 Å². The summed E-state index contributed by atoms with van der Waals surface area (Å²) in [5, 5.41) is -0.312. The molecule has 1 aromatic rings. The Morgan fingerprint density at radius 3 is 0.983 bits per heavy atom. The first-order valence-corrected chi connectivity index (χ1v) is 25.6. The van der Waals surface area contributed by atoms with E-state index in [4.69, 9.17) is 74.3 Å². The topological polar surface area (TPSA) is 77.5 Å². The molecule has 0 radical (unpaired) electrons. The van der Waals surface area contributed by atoms with Crippen molar-refractivity contribution in [3.8, 4) is 5.75 Å². The summed E-state index contributed by atoms with van der Waals surface area (Å²) in [5.41, 5.74) is 0.227. The number of rotatable bonds is 35. The van der Waals surface area contributed by atoms with Crippen molar-refractivity contribution in [2.24, 2.45) is 5.41 Å². The summed E-state index contributed by atoms with van der Waals surface area (Å²) in [5.74, 6) is 0.389. The van der Waals surface area contributed by atoms with E-state index in [9.17, 15) is 19.2 Å². The van der Waals surface area contributed by atoms with Gasteiger partial charge in [-0.3, -0.25) is 19.2 Å². The van der Waals surface area contributed by atoms with E-state index in [-0.39, 0.29) is 27.7 Å². The molecule has 60 heavy (non-hydrogen) atoms. The van der Waals surface area contributed by atoms with Crippen LogP contribution < -0.4 is 4.74 Å². The number of hydrogen-bond donors (Lipinski definition) is 0. The molecule has 0 saturated carbocycles. The van der Waals surface area contributed by atoms with E-state index in [1.54, 1.807) is 12.1 Å². The van der Waals surface area contributed by atoms with Gasteiger partial charge in [-0.1, -0.05) is 225 Å². The predicted molar refractivity (Wildman–Crippen MR) is 264 cm³/mol. The number of carbonyl (C=O) groups excluding carboxylic acids is 4. The van der Waals surface area contributed by atoms with Crippen molar-refractivity contribution in [3.63, 3.8) is 0 Å². The van der Waals surface area contributed by atoms with E-state index in [2.05, 4.69) is 34.6 Å². The molecule has 0 aliphatic carbocycles. The normalized spacial score (nSPS) is 10.7. The maximum absolute atomic E-state index is 10.6. The summed E-state index contributed by atoms with van der Waals surface area (Å²) in [4.78, 5) is 41.7. The highest BCUT2D eigenvalue weighted by molar-refractivity contribution is 6.64. The third kappa shape index (κ3) is 59.5. The molecule has 352 valence electrons. The van der Waals surface area contributed by atoms with E-state index in [0.717, 1.165) is 32.1 Å². The molecule has 0 fully saturated rings. The molecule has 0 amide bonds. The summed E-state index contributed by atoms with van der Waals surface area (Å²) < 4.78 is 4.98. The lowest BCUT2D eigenvalue weighted by atomic mass is 9.91. The second-order valence-corrected chi connectivity index (χ2v) is 19.6. The molecule has 0 aliphatic heterocycles. The standard InChI is InChI=1S/C19H37ClO.C15H29ClO.C8H5Cl3O2.C7H13ClO/c1-2-3-4-5-6-7-8-9-10-11-12-13-14-15-16-17-18-19(20)21;1-2-3-4-5-6-7-8-9-10-11-12-13-14-15(16)17;9-5-1-2-7(6(10)3-5)13-4-8(11)12;1-7(2,3)5-4-6(8)9/h2-18H2,1H3;2-14H2,1H3;1-3H,4H2;4-5H2,1-3H3. The third-order valence-electron chi connectivity index (χ3n) is 9.76. The second-order valence-electron chi connectivity index (χ2n) is 17.0. The molecule has 0 saturated heterocycles. The maximum atomic E-state index is 10.6. The molecule has 0 aromatic heterocycles. The summed E-state index contributed by atoms with van der Waals surface area (Å²) in [6.07, 6.45) is 40.1. The van der Waals surface area contributed by atoms with Gasteiger partial charge in [0.2, 0.25) is 15.7 Å². The van der Waals surface area contributed by atoms with E-state index < -0.39 is 5.24 Å². The number of benzene rings is 1. The van der Waals surface area contributed by atoms with Crippen molar-refractivity contribution in [1.82, 2.24) is 0 Å². The van der Waals surface area contributed by atoms with Crippen LogP contribution in [0.1, 0.15) is 240 Å². The van der Waals surface area contributed by atoms with Crippen LogP contribution >= 0.6 is 69.6 Å².